The van der Waals surface area contributed by atoms with Crippen LogP contribution in [-0.2, 0) is 52.1 Å². The number of hydrogen-bond donors (Lipinski definition) is 2. The maximum absolute atomic E-state index is 15.0. The molecule has 52 heavy (non-hydrogen) atoms. The summed E-state index contributed by atoms with van der Waals surface area (Å²) in [6.07, 6.45) is -1.29. The lowest BCUT2D eigenvalue weighted by Crippen LogP contribution is -2.60. The van der Waals surface area contributed by atoms with Crippen LogP contribution in [0.1, 0.15) is 65.5 Å². The summed E-state index contributed by atoms with van der Waals surface area (Å²) < 4.78 is 152. The van der Waals surface area contributed by atoms with E-state index in [1.54, 1.807) is 0 Å². The van der Waals surface area contributed by atoms with Gasteiger partial charge in [0.25, 0.3) is 11.8 Å². The largest absolute Gasteiger partial charge is 0.469 e. The molecule has 0 bridgehead atoms. The van der Waals surface area contributed by atoms with Gasteiger partial charge in [-0.2, -0.15) is 8.78 Å². The topological polar surface area (TPSA) is 111 Å². The van der Waals surface area contributed by atoms with Crippen LogP contribution in [0.3, 0.4) is 0 Å². The molecule has 0 fully saturated rings. The standard InChI is InChI=1S/C17H23F4NO3S.C17H21F4NO3S/c2*1-15(2,3)26(24)22-16(11-18,12-7-5-6-8-13(12)19)17(20,21)10-9-14(23)25-4/h5-8,22H,9-11H2,1-4H3;5-10,22H,11H2,1-4H3/b;10-9+/t2*16-,26-/m11/s1. The van der Waals surface area contributed by atoms with Gasteiger partial charge in [-0.05, 0) is 59.8 Å². The van der Waals surface area contributed by atoms with E-state index in [-0.39, 0.29) is 6.08 Å². The maximum Gasteiger partial charge on any atom is 0.330 e. The van der Waals surface area contributed by atoms with Crippen LogP contribution in [0.2, 0.25) is 0 Å². The molecule has 0 heterocycles. The Labute approximate surface area is 303 Å². The van der Waals surface area contributed by atoms with E-state index in [2.05, 4.69) is 18.9 Å². The molecule has 294 valence electrons. The highest BCUT2D eigenvalue weighted by molar-refractivity contribution is 7.84. The molecule has 4 atom stereocenters. The molecule has 0 spiro atoms. The van der Waals surface area contributed by atoms with Crippen molar-refractivity contribution in [2.75, 3.05) is 27.6 Å². The van der Waals surface area contributed by atoms with Crippen LogP contribution < -0.4 is 9.44 Å². The highest BCUT2D eigenvalue weighted by atomic mass is 32.2. The van der Waals surface area contributed by atoms with Gasteiger partial charge in [0.15, 0.2) is 11.1 Å². The second-order valence-corrected chi connectivity index (χ2v) is 17.2. The lowest BCUT2D eigenvalue weighted by Gasteiger charge is -2.40. The van der Waals surface area contributed by atoms with Gasteiger partial charge < -0.3 is 9.47 Å². The fraction of sp³-hybridized carbons (Fsp3) is 0.529. The molecule has 0 aliphatic carbocycles. The van der Waals surface area contributed by atoms with Gasteiger partial charge >= 0.3 is 11.9 Å². The first-order valence-electron chi connectivity index (χ1n) is 15.4. The molecule has 0 saturated carbocycles. The highest BCUT2D eigenvalue weighted by Gasteiger charge is 2.58. The molecule has 0 aliphatic heterocycles. The monoisotopic (exact) mass is 792 g/mol. The zero-order chi connectivity index (χ0) is 40.3. The van der Waals surface area contributed by atoms with Crippen molar-refractivity contribution in [2.45, 2.75) is 86.8 Å². The number of hydrogen-bond acceptors (Lipinski definition) is 6. The van der Waals surface area contributed by atoms with E-state index < -0.39 is 115 Å². The Balaban J connectivity index is 0.000000520. The second kappa shape index (κ2) is 18.7. The maximum atomic E-state index is 15.0. The first kappa shape index (κ1) is 46.8. The Morgan fingerprint density at radius 1 is 0.712 bits per heavy atom. The van der Waals surface area contributed by atoms with E-state index in [1.807, 2.05) is 0 Å². The normalized spacial score (nSPS) is 16.2. The molecule has 0 saturated heterocycles. The Kier molecular flexibility index (Phi) is 16.8. The van der Waals surface area contributed by atoms with Gasteiger partial charge in [0.05, 0.1) is 52.1 Å². The van der Waals surface area contributed by atoms with Crippen molar-refractivity contribution in [3.05, 3.63) is 83.4 Å². The zero-order valence-electron chi connectivity index (χ0n) is 29.9. The number of halogens is 8. The van der Waals surface area contributed by atoms with Crippen LogP contribution in [0.25, 0.3) is 0 Å². The summed E-state index contributed by atoms with van der Waals surface area (Å²) in [6, 6.07) is 8.85. The number of carbonyl (C=O) groups is 2. The van der Waals surface area contributed by atoms with Gasteiger partial charge in [-0.1, -0.05) is 36.4 Å². The second-order valence-electron chi connectivity index (χ2n) is 13.3. The average molecular weight is 793 g/mol. The summed E-state index contributed by atoms with van der Waals surface area (Å²) in [4.78, 5) is 22.4. The summed E-state index contributed by atoms with van der Waals surface area (Å²) >= 11 is 0. The van der Waals surface area contributed by atoms with Crippen LogP contribution in [0.15, 0.2) is 60.7 Å². The third-order valence-electron chi connectivity index (χ3n) is 7.41. The number of esters is 2. The minimum absolute atomic E-state index is 0.109. The fourth-order valence-electron chi connectivity index (χ4n) is 4.21. The lowest BCUT2D eigenvalue weighted by atomic mass is 9.83. The molecule has 2 N–H and O–H groups in total. The third kappa shape index (κ3) is 11.4. The molecular weight excluding hydrogens is 748 g/mol. The van der Waals surface area contributed by atoms with Crippen molar-refractivity contribution in [2.24, 2.45) is 0 Å². The summed E-state index contributed by atoms with van der Waals surface area (Å²) in [5.41, 5.74) is -7.25. The van der Waals surface area contributed by atoms with Crippen LogP contribution in [0, 0.1) is 11.6 Å². The first-order chi connectivity index (χ1) is 23.8. The van der Waals surface area contributed by atoms with Gasteiger partial charge in [0.1, 0.15) is 25.0 Å². The number of nitrogens with one attached hydrogen (secondary N) is 2. The van der Waals surface area contributed by atoms with Crippen LogP contribution in [0.5, 0.6) is 0 Å². The molecule has 2 aromatic carbocycles. The Morgan fingerprint density at radius 3 is 1.48 bits per heavy atom. The number of benzene rings is 2. The average Bonchev–Trinajstić information content (AvgIpc) is 3.07. The van der Waals surface area contributed by atoms with Crippen LogP contribution >= 0.6 is 0 Å². The van der Waals surface area contributed by atoms with Gasteiger partial charge in [-0.25, -0.2) is 49.0 Å². The smallest absolute Gasteiger partial charge is 0.330 e. The van der Waals surface area contributed by atoms with Gasteiger partial charge in [-0.3, -0.25) is 4.79 Å². The summed E-state index contributed by atoms with van der Waals surface area (Å²) in [6.45, 7) is 5.47. The minimum Gasteiger partial charge on any atom is -0.469 e. The van der Waals surface area contributed by atoms with Gasteiger partial charge in [0, 0.05) is 23.6 Å². The molecule has 8 nitrogen and oxygen atoms in total. The first-order valence-corrected chi connectivity index (χ1v) is 17.7. The Morgan fingerprint density at radius 2 is 1.12 bits per heavy atom. The molecule has 0 amide bonds. The van der Waals surface area contributed by atoms with E-state index in [0.717, 1.165) is 38.5 Å². The van der Waals surface area contributed by atoms with Gasteiger partial charge in [0.2, 0.25) is 0 Å². The van der Waals surface area contributed by atoms with E-state index in [9.17, 15) is 44.3 Å². The quantitative estimate of drug-likeness (QED) is 0.114. The van der Waals surface area contributed by atoms with Crippen molar-refractivity contribution in [3.8, 4) is 0 Å². The van der Waals surface area contributed by atoms with Gasteiger partial charge in [-0.15, -0.1) is 0 Å². The molecule has 2 aromatic rings. The number of ether oxygens (including phenoxy) is 2. The SMILES string of the molecule is COC(=O)/C=C/C(F)(F)[C@](CF)(N[S@](=O)C(C)(C)C)c1ccccc1F.COC(=O)CCC(F)(F)[C@](CF)(N[S@](=O)C(C)(C)C)c1ccccc1F. The molecule has 0 radical (unpaired) electrons. The zero-order valence-corrected chi connectivity index (χ0v) is 31.5. The van der Waals surface area contributed by atoms with E-state index in [4.69, 9.17) is 0 Å². The molecule has 2 rings (SSSR count). The van der Waals surface area contributed by atoms with Crippen molar-refractivity contribution in [1.82, 2.24) is 9.44 Å². The number of methoxy groups -OCH3 is 2. The molecular formula is C34H44F8N2O6S2. The van der Waals surface area contributed by atoms with Crippen molar-refractivity contribution in [3.63, 3.8) is 0 Å². The summed E-state index contributed by atoms with van der Waals surface area (Å²) in [7, 11) is -2.28. The van der Waals surface area contributed by atoms with Crippen molar-refractivity contribution < 1.29 is 62.6 Å². The van der Waals surface area contributed by atoms with Crippen molar-refractivity contribution in [1.29, 1.82) is 0 Å². The fourth-order valence-corrected chi connectivity index (χ4v) is 6.07. The number of alkyl halides is 6. The molecule has 18 heteroatoms. The van der Waals surface area contributed by atoms with Crippen molar-refractivity contribution >= 4 is 33.9 Å². The van der Waals surface area contributed by atoms with Crippen LogP contribution in [-0.4, -0.2) is 69.3 Å². The Hall–Kier alpha value is -3.22. The molecule has 0 aliphatic rings. The van der Waals surface area contributed by atoms with E-state index >= 15 is 8.78 Å². The Bertz CT molecular complexity index is 1600. The minimum atomic E-state index is -4.11. The number of rotatable bonds is 15. The molecule has 0 aromatic heterocycles. The molecule has 0 unspecified atom stereocenters. The third-order valence-corrected chi connectivity index (χ3v) is 10.7. The summed E-state index contributed by atoms with van der Waals surface area (Å²) in [5.74, 6) is -12.2. The number of carbonyl (C=O) groups excluding carboxylic acids is 2. The van der Waals surface area contributed by atoms with E-state index in [0.29, 0.717) is 6.08 Å². The predicted molar refractivity (Wildman–Crippen MR) is 182 cm³/mol. The van der Waals surface area contributed by atoms with E-state index in [1.165, 1.54) is 65.8 Å². The highest BCUT2D eigenvalue weighted by Crippen LogP contribution is 2.44. The summed E-state index contributed by atoms with van der Waals surface area (Å²) in [5, 5.41) is 0. The predicted octanol–water partition coefficient (Wildman–Crippen LogP) is 7.04. The van der Waals surface area contributed by atoms with Crippen LogP contribution in [0.4, 0.5) is 35.1 Å². The lowest BCUT2D eigenvalue weighted by molar-refractivity contribution is -0.146.